The molecule has 4 nitrogen and oxygen atoms in total. The number of nitrogens with zero attached hydrogens (tertiary/aromatic N) is 2. The van der Waals surface area contributed by atoms with Gasteiger partial charge in [-0.15, -0.1) is 0 Å². The highest BCUT2D eigenvalue weighted by atomic mass is 32.2. The molecule has 22 heavy (non-hydrogen) atoms. The Balaban J connectivity index is 1.86. The molecule has 0 bridgehead atoms. The molecule has 0 saturated carbocycles. The van der Waals surface area contributed by atoms with Gasteiger partial charge in [-0.1, -0.05) is 25.1 Å². The van der Waals surface area contributed by atoms with E-state index in [1.807, 2.05) is 24.3 Å². The number of hydrogen-bond donors (Lipinski definition) is 0. The zero-order valence-electron chi connectivity index (χ0n) is 12.6. The number of hydrogen-bond acceptors (Lipinski definition) is 3. The minimum Gasteiger partial charge on any atom is -0.264 e. The van der Waals surface area contributed by atoms with E-state index in [0.29, 0.717) is 23.9 Å². The largest absolute Gasteiger partial charge is 0.264 e. The first-order valence-electron chi connectivity index (χ1n) is 7.58. The summed E-state index contributed by atoms with van der Waals surface area (Å²) < 4.78 is 27.0. The molecule has 2 heterocycles. The van der Waals surface area contributed by atoms with Gasteiger partial charge in [0.25, 0.3) is 0 Å². The topological polar surface area (TPSA) is 50.3 Å². The molecule has 1 aliphatic heterocycles. The highest BCUT2D eigenvalue weighted by molar-refractivity contribution is 7.89. The van der Waals surface area contributed by atoms with Gasteiger partial charge in [-0.2, -0.15) is 4.31 Å². The van der Waals surface area contributed by atoms with E-state index >= 15 is 0 Å². The predicted molar refractivity (Wildman–Crippen MR) is 86.8 cm³/mol. The maximum Gasteiger partial charge on any atom is 0.243 e. The summed E-state index contributed by atoms with van der Waals surface area (Å²) >= 11 is 0. The van der Waals surface area contributed by atoms with Crippen molar-refractivity contribution in [1.29, 1.82) is 0 Å². The lowest BCUT2D eigenvalue weighted by atomic mass is 10.0. The third kappa shape index (κ3) is 3.05. The van der Waals surface area contributed by atoms with Crippen molar-refractivity contribution in [3.05, 3.63) is 48.8 Å². The van der Waals surface area contributed by atoms with Gasteiger partial charge in [0.05, 0.1) is 4.90 Å². The van der Waals surface area contributed by atoms with E-state index in [-0.39, 0.29) is 0 Å². The van der Waals surface area contributed by atoms with Crippen LogP contribution in [0.25, 0.3) is 11.1 Å². The average Bonchev–Trinajstić information content (AvgIpc) is 2.56. The number of pyridine rings is 1. The Morgan fingerprint density at radius 3 is 2.55 bits per heavy atom. The fourth-order valence-electron chi connectivity index (χ4n) is 2.87. The second kappa shape index (κ2) is 6.18. The van der Waals surface area contributed by atoms with Crippen LogP contribution < -0.4 is 0 Å². The summed E-state index contributed by atoms with van der Waals surface area (Å²) in [6.07, 6.45) is 5.54. The van der Waals surface area contributed by atoms with E-state index in [1.54, 1.807) is 28.8 Å². The van der Waals surface area contributed by atoms with Gasteiger partial charge >= 0.3 is 0 Å². The Labute approximate surface area is 131 Å². The minimum atomic E-state index is -3.38. The van der Waals surface area contributed by atoms with Gasteiger partial charge in [0.15, 0.2) is 0 Å². The molecular formula is C17H20N2O2S. The van der Waals surface area contributed by atoms with E-state index in [9.17, 15) is 8.42 Å². The molecule has 0 amide bonds. The van der Waals surface area contributed by atoms with E-state index in [1.165, 1.54) is 0 Å². The molecule has 1 saturated heterocycles. The summed E-state index contributed by atoms with van der Waals surface area (Å²) in [5, 5.41) is 0. The van der Waals surface area contributed by atoms with Gasteiger partial charge in [-0.25, -0.2) is 8.42 Å². The van der Waals surface area contributed by atoms with Crippen LogP contribution >= 0.6 is 0 Å². The van der Waals surface area contributed by atoms with Crippen LogP contribution in [0.4, 0.5) is 0 Å². The molecule has 1 aromatic heterocycles. The lowest BCUT2D eigenvalue weighted by Gasteiger charge is -2.30. The van der Waals surface area contributed by atoms with Crippen LogP contribution in [0, 0.1) is 5.92 Å². The van der Waals surface area contributed by atoms with Crippen LogP contribution in [0.3, 0.4) is 0 Å². The van der Waals surface area contributed by atoms with Crippen molar-refractivity contribution in [2.45, 2.75) is 24.7 Å². The first-order valence-corrected chi connectivity index (χ1v) is 9.02. The van der Waals surface area contributed by atoms with Gasteiger partial charge in [0.2, 0.25) is 10.0 Å². The quantitative estimate of drug-likeness (QED) is 0.874. The number of benzene rings is 1. The Morgan fingerprint density at radius 2 is 1.91 bits per heavy atom. The zero-order valence-corrected chi connectivity index (χ0v) is 13.5. The lowest BCUT2D eigenvalue weighted by Crippen LogP contribution is -2.39. The molecule has 0 spiro atoms. The van der Waals surface area contributed by atoms with Crippen LogP contribution in [0.15, 0.2) is 53.7 Å². The van der Waals surface area contributed by atoms with Gasteiger partial charge in [-0.05, 0) is 48.1 Å². The SMILES string of the molecule is CC1CCCN(S(=O)(=O)c2ccc(-c3cccnc3)cc2)C1. The summed E-state index contributed by atoms with van der Waals surface area (Å²) in [6, 6.07) is 10.9. The number of piperidine rings is 1. The number of aromatic nitrogens is 1. The van der Waals surface area contributed by atoms with Gasteiger partial charge in [0, 0.05) is 25.5 Å². The van der Waals surface area contributed by atoms with Crippen molar-refractivity contribution in [2.75, 3.05) is 13.1 Å². The van der Waals surface area contributed by atoms with Crippen LogP contribution in [-0.2, 0) is 10.0 Å². The summed E-state index contributed by atoms with van der Waals surface area (Å²) in [5.74, 6) is 0.429. The molecule has 1 aliphatic rings. The molecule has 1 unspecified atom stereocenters. The van der Waals surface area contributed by atoms with Crippen molar-refractivity contribution in [3.8, 4) is 11.1 Å². The highest BCUT2D eigenvalue weighted by Gasteiger charge is 2.28. The maximum absolute atomic E-state index is 12.7. The molecule has 1 aromatic carbocycles. The highest BCUT2D eigenvalue weighted by Crippen LogP contribution is 2.25. The van der Waals surface area contributed by atoms with Crippen LogP contribution in [0.2, 0.25) is 0 Å². The van der Waals surface area contributed by atoms with Crippen LogP contribution in [-0.4, -0.2) is 30.8 Å². The van der Waals surface area contributed by atoms with Crippen LogP contribution in [0.1, 0.15) is 19.8 Å². The van der Waals surface area contributed by atoms with E-state index in [4.69, 9.17) is 0 Å². The maximum atomic E-state index is 12.7. The first kappa shape index (κ1) is 15.2. The third-order valence-electron chi connectivity index (χ3n) is 4.11. The van der Waals surface area contributed by atoms with Crippen molar-refractivity contribution in [2.24, 2.45) is 5.92 Å². The summed E-state index contributed by atoms with van der Waals surface area (Å²) in [4.78, 5) is 4.46. The Kier molecular flexibility index (Phi) is 4.27. The summed E-state index contributed by atoms with van der Waals surface area (Å²) in [7, 11) is -3.38. The molecule has 1 fully saturated rings. The molecule has 0 aliphatic carbocycles. The Hall–Kier alpha value is -1.72. The Bertz CT molecular complexity index is 727. The van der Waals surface area contributed by atoms with Crippen molar-refractivity contribution in [1.82, 2.24) is 9.29 Å². The smallest absolute Gasteiger partial charge is 0.243 e. The number of rotatable bonds is 3. The minimum absolute atomic E-state index is 0.370. The fraction of sp³-hybridized carbons (Fsp3) is 0.353. The zero-order chi connectivity index (χ0) is 15.6. The predicted octanol–water partition coefficient (Wildman–Crippen LogP) is 3.17. The summed E-state index contributed by atoms with van der Waals surface area (Å²) in [6.45, 7) is 3.34. The lowest BCUT2D eigenvalue weighted by molar-refractivity contribution is 0.281. The molecule has 5 heteroatoms. The molecule has 3 rings (SSSR count). The molecule has 116 valence electrons. The molecule has 0 radical (unpaired) electrons. The fourth-order valence-corrected chi connectivity index (χ4v) is 4.46. The van der Waals surface area contributed by atoms with Crippen molar-refractivity contribution >= 4 is 10.0 Å². The second-order valence-electron chi connectivity index (χ2n) is 5.88. The summed E-state index contributed by atoms with van der Waals surface area (Å²) in [5.41, 5.74) is 1.96. The molecule has 2 aromatic rings. The van der Waals surface area contributed by atoms with E-state index in [0.717, 1.165) is 24.0 Å². The molecular weight excluding hydrogens is 296 g/mol. The first-order chi connectivity index (χ1) is 10.6. The van der Waals surface area contributed by atoms with E-state index < -0.39 is 10.0 Å². The van der Waals surface area contributed by atoms with E-state index in [2.05, 4.69) is 11.9 Å². The van der Waals surface area contributed by atoms with Crippen molar-refractivity contribution < 1.29 is 8.42 Å². The standard InChI is InChI=1S/C17H20N2O2S/c1-14-4-3-11-19(13-14)22(20,21)17-8-6-15(7-9-17)16-5-2-10-18-12-16/h2,5-10,12,14H,3-4,11,13H2,1H3. The number of sulfonamides is 1. The molecule has 0 N–H and O–H groups in total. The van der Waals surface area contributed by atoms with Gasteiger partial charge in [0.1, 0.15) is 0 Å². The van der Waals surface area contributed by atoms with Gasteiger partial charge < -0.3 is 0 Å². The normalized spacial score (nSPS) is 20.0. The average molecular weight is 316 g/mol. The Morgan fingerprint density at radius 1 is 1.14 bits per heavy atom. The van der Waals surface area contributed by atoms with Crippen molar-refractivity contribution in [3.63, 3.8) is 0 Å². The van der Waals surface area contributed by atoms with Crippen LogP contribution in [0.5, 0.6) is 0 Å². The monoisotopic (exact) mass is 316 g/mol. The van der Waals surface area contributed by atoms with Gasteiger partial charge in [-0.3, -0.25) is 4.98 Å². The second-order valence-corrected chi connectivity index (χ2v) is 7.81. The third-order valence-corrected chi connectivity index (χ3v) is 5.99. The molecule has 1 atom stereocenters.